The third-order valence-corrected chi connectivity index (χ3v) is 6.06. The van der Waals surface area contributed by atoms with Crippen molar-refractivity contribution in [1.29, 1.82) is 0 Å². The molecule has 0 saturated heterocycles. The Morgan fingerprint density at radius 2 is 1.79 bits per heavy atom. The maximum Gasteiger partial charge on any atom is 0.257 e. The van der Waals surface area contributed by atoms with Crippen molar-refractivity contribution in [2.45, 2.75) is 13.3 Å². The standard InChI is InChI=1S/C25H26ClN3O4/c1-16-21(15-27-29(16)19-7-5-6-18(26)12-19)25(30)28-10-8-17(9-11-28)24-22(32-3)13-20(31-2)14-23(24)33-4/h5-8,12-15H,9-11H2,1-4H3. The van der Waals surface area contributed by atoms with Crippen LogP contribution in [-0.2, 0) is 0 Å². The summed E-state index contributed by atoms with van der Waals surface area (Å²) in [5, 5.41) is 5.04. The fourth-order valence-corrected chi connectivity index (χ4v) is 4.25. The topological polar surface area (TPSA) is 65.8 Å². The quantitative estimate of drug-likeness (QED) is 0.521. The fourth-order valence-electron chi connectivity index (χ4n) is 4.06. The van der Waals surface area contributed by atoms with Gasteiger partial charge in [0.1, 0.15) is 17.2 Å². The number of rotatable bonds is 6. The average Bonchev–Trinajstić information content (AvgIpc) is 3.23. The number of hydrogen-bond donors (Lipinski definition) is 0. The van der Waals surface area contributed by atoms with Gasteiger partial charge in [-0.05, 0) is 37.1 Å². The number of halogens is 1. The molecule has 2 heterocycles. The third kappa shape index (κ3) is 4.41. The molecule has 2 aromatic carbocycles. The summed E-state index contributed by atoms with van der Waals surface area (Å²) in [5.74, 6) is 1.96. The zero-order valence-corrected chi connectivity index (χ0v) is 19.8. The molecule has 4 rings (SSSR count). The van der Waals surface area contributed by atoms with Gasteiger partial charge in [0.15, 0.2) is 0 Å². The Morgan fingerprint density at radius 3 is 2.36 bits per heavy atom. The van der Waals surface area contributed by atoms with Crippen molar-refractivity contribution in [2.24, 2.45) is 0 Å². The zero-order chi connectivity index (χ0) is 23.5. The highest BCUT2D eigenvalue weighted by atomic mass is 35.5. The molecule has 33 heavy (non-hydrogen) atoms. The monoisotopic (exact) mass is 467 g/mol. The van der Waals surface area contributed by atoms with Gasteiger partial charge in [-0.2, -0.15) is 5.10 Å². The SMILES string of the molecule is COc1cc(OC)c(C2=CCN(C(=O)c3cnn(-c4cccc(Cl)c4)c3C)CC2)c(OC)c1. The minimum Gasteiger partial charge on any atom is -0.496 e. The van der Waals surface area contributed by atoms with Crippen LogP contribution in [0.3, 0.4) is 0 Å². The predicted molar refractivity (Wildman–Crippen MR) is 128 cm³/mol. The Morgan fingerprint density at radius 1 is 1.06 bits per heavy atom. The Bertz CT molecular complexity index is 1190. The second-order valence-electron chi connectivity index (χ2n) is 7.67. The van der Waals surface area contributed by atoms with Gasteiger partial charge in [-0.25, -0.2) is 4.68 Å². The molecule has 172 valence electrons. The fraction of sp³-hybridized carbons (Fsp3) is 0.280. The van der Waals surface area contributed by atoms with Crippen molar-refractivity contribution in [3.8, 4) is 22.9 Å². The van der Waals surface area contributed by atoms with Gasteiger partial charge < -0.3 is 19.1 Å². The molecule has 0 bridgehead atoms. The summed E-state index contributed by atoms with van der Waals surface area (Å²) in [6.07, 6.45) is 4.34. The van der Waals surface area contributed by atoms with Crippen molar-refractivity contribution >= 4 is 23.1 Å². The van der Waals surface area contributed by atoms with Gasteiger partial charge in [-0.3, -0.25) is 4.79 Å². The minimum atomic E-state index is -0.0512. The summed E-state index contributed by atoms with van der Waals surface area (Å²) in [6, 6.07) is 11.1. The lowest BCUT2D eigenvalue weighted by atomic mass is 9.97. The highest BCUT2D eigenvalue weighted by Gasteiger charge is 2.26. The lowest BCUT2D eigenvalue weighted by Gasteiger charge is -2.28. The Labute approximate surface area is 198 Å². The first kappa shape index (κ1) is 22.7. The molecule has 1 aliphatic heterocycles. The van der Waals surface area contributed by atoms with Crippen molar-refractivity contribution in [3.63, 3.8) is 0 Å². The van der Waals surface area contributed by atoms with Gasteiger partial charge in [-0.1, -0.05) is 23.7 Å². The van der Waals surface area contributed by atoms with Crippen molar-refractivity contribution < 1.29 is 19.0 Å². The third-order valence-electron chi connectivity index (χ3n) is 5.83. The molecule has 0 aliphatic carbocycles. The Hall–Kier alpha value is -3.45. The maximum absolute atomic E-state index is 13.3. The van der Waals surface area contributed by atoms with Crippen LogP contribution in [0.5, 0.6) is 17.2 Å². The van der Waals surface area contributed by atoms with E-state index in [1.165, 1.54) is 0 Å². The molecule has 0 radical (unpaired) electrons. The van der Waals surface area contributed by atoms with Crippen LogP contribution < -0.4 is 14.2 Å². The van der Waals surface area contributed by atoms with E-state index in [2.05, 4.69) is 5.10 Å². The molecular formula is C25H26ClN3O4. The summed E-state index contributed by atoms with van der Waals surface area (Å²) < 4.78 is 18.3. The Balaban J connectivity index is 1.57. The van der Waals surface area contributed by atoms with Crippen LogP contribution in [0.4, 0.5) is 0 Å². The van der Waals surface area contributed by atoms with Gasteiger partial charge in [0.25, 0.3) is 5.91 Å². The highest BCUT2D eigenvalue weighted by molar-refractivity contribution is 6.30. The maximum atomic E-state index is 13.3. The molecule has 0 atom stereocenters. The lowest BCUT2D eigenvalue weighted by Crippen LogP contribution is -2.35. The van der Waals surface area contributed by atoms with Gasteiger partial charge in [0.05, 0.1) is 50.0 Å². The van der Waals surface area contributed by atoms with Crippen LogP contribution in [0.1, 0.15) is 28.0 Å². The first-order valence-electron chi connectivity index (χ1n) is 10.6. The van der Waals surface area contributed by atoms with Crippen LogP contribution in [0.2, 0.25) is 5.02 Å². The van der Waals surface area contributed by atoms with E-state index in [0.29, 0.717) is 47.3 Å². The molecule has 1 aromatic heterocycles. The molecule has 1 amide bonds. The van der Waals surface area contributed by atoms with Crippen molar-refractivity contribution in [1.82, 2.24) is 14.7 Å². The Kier molecular flexibility index (Phi) is 6.60. The minimum absolute atomic E-state index is 0.0512. The van der Waals surface area contributed by atoms with E-state index < -0.39 is 0 Å². The van der Waals surface area contributed by atoms with Crippen LogP contribution >= 0.6 is 11.6 Å². The first-order chi connectivity index (χ1) is 16.0. The van der Waals surface area contributed by atoms with Gasteiger partial charge >= 0.3 is 0 Å². The molecule has 0 unspecified atom stereocenters. The largest absolute Gasteiger partial charge is 0.496 e. The van der Waals surface area contributed by atoms with Crippen molar-refractivity contribution in [2.75, 3.05) is 34.4 Å². The number of carbonyl (C=O) groups is 1. The van der Waals surface area contributed by atoms with E-state index in [1.54, 1.807) is 38.3 Å². The number of nitrogens with zero attached hydrogens (tertiary/aromatic N) is 3. The second-order valence-corrected chi connectivity index (χ2v) is 8.11. The van der Waals surface area contributed by atoms with Gasteiger partial charge in [0, 0.05) is 30.2 Å². The highest BCUT2D eigenvalue weighted by Crippen LogP contribution is 2.41. The smallest absolute Gasteiger partial charge is 0.257 e. The molecule has 0 saturated carbocycles. The number of carbonyl (C=O) groups excluding carboxylic acids is 1. The summed E-state index contributed by atoms with van der Waals surface area (Å²) in [7, 11) is 4.85. The molecular weight excluding hydrogens is 442 g/mol. The summed E-state index contributed by atoms with van der Waals surface area (Å²) in [4.78, 5) is 15.1. The van der Waals surface area contributed by atoms with Crippen LogP contribution in [-0.4, -0.2) is 55.0 Å². The average molecular weight is 468 g/mol. The summed E-state index contributed by atoms with van der Waals surface area (Å²) >= 11 is 6.11. The molecule has 8 heteroatoms. The number of methoxy groups -OCH3 is 3. The molecule has 0 fully saturated rings. The van der Waals surface area contributed by atoms with E-state index in [1.807, 2.05) is 48.2 Å². The van der Waals surface area contributed by atoms with E-state index >= 15 is 0 Å². The predicted octanol–water partition coefficient (Wildman–Crippen LogP) is 4.79. The van der Waals surface area contributed by atoms with Gasteiger partial charge in [0.2, 0.25) is 0 Å². The summed E-state index contributed by atoms with van der Waals surface area (Å²) in [5.41, 5.74) is 4.13. The van der Waals surface area contributed by atoms with Gasteiger partial charge in [-0.15, -0.1) is 0 Å². The number of benzene rings is 2. The molecule has 0 N–H and O–H groups in total. The number of hydrogen-bond acceptors (Lipinski definition) is 5. The second kappa shape index (κ2) is 9.58. The zero-order valence-electron chi connectivity index (χ0n) is 19.1. The molecule has 7 nitrogen and oxygen atoms in total. The van der Waals surface area contributed by atoms with Crippen LogP contribution in [0.15, 0.2) is 48.7 Å². The molecule has 0 spiro atoms. The van der Waals surface area contributed by atoms with Crippen LogP contribution in [0, 0.1) is 6.92 Å². The van der Waals surface area contributed by atoms with E-state index in [0.717, 1.165) is 22.5 Å². The number of amides is 1. The van der Waals surface area contributed by atoms with E-state index in [4.69, 9.17) is 25.8 Å². The lowest BCUT2D eigenvalue weighted by molar-refractivity contribution is 0.0772. The first-order valence-corrected chi connectivity index (χ1v) is 10.9. The van der Waals surface area contributed by atoms with E-state index in [-0.39, 0.29) is 5.91 Å². The van der Waals surface area contributed by atoms with E-state index in [9.17, 15) is 4.79 Å². The normalized spacial score (nSPS) is 13.5. The van der Waals surface area contributed by atoms with Crippen molar-refractivity contribution in [3.05, 3.63) is 70.5 Å². The number of aromatic nitrogens is 2. The van der Waals surface area contributed by atoms with Crippen LogP contribution in [0.25, 0.3) is 11.3 Å². The molecule has 1 aliphatic rings. The number of ether oxygens (including phenoxy) is 3. The summed E-state index contributed by atoms with van der Waals surface area (Å²) in [6.45, 7) is 2.94. The molecule has 3 aromatic rings.